The summed E-state index contributed by atoms with van der Waals surface area (Å²) in [5.41, 5.74) is 13.4. The van der Waals surface area contributed by atoms with Gasteiger partial charge in [0.25, 0.3) is 0 Å². The second-order valence-electron chi connectivity index (χ2n) is 17.2. The molecule has 1 aliphatic heterocycles. The highest BCUT2D eigenvalue weighted by atomic mass is 32.2. The third-order valence-electron chi connectivity index (χ3n) is 13.5. The van der Waals surface area contributed by atoms with Crippen LogP contribution in [0, 0.1) is 0 Å². The van der Waals surface area contributed by atoms with Crippen LogP contribution in [-0.4, -0.2) is 9.13 Å². The smallest absolute Gasteiger partial charge is 0.0555 e. The fourth-order valence-corrected chi connectivity index (χ4v) is 14.3. The zero-order chi connectivity index (χ0) is 43.5. The highest BCUT2D eigenvalue weighted by Crippen LogP contribution is 2.49. The van der Waals surface area contributed by atoms with E-state index in [-0.39, 0.29) is 0 Å². The molecule has 0 atom stereocenters. The Balaban J connectivity index is 0.956. The lowest BCUT2D eigenvalue weighted by Gasteiger charge is -2.15. The summed E-state index contributed by atoms with van der Waals surface area (Å²) >= 11 is 5.60. The van der Waals surface area contributed by atoms with Gasteiger partial charge in [0, 0.05) is 83.1 Å². The van der Waals surface area contributed by atoms with Gasteiger partial charge in [-0.3, -0.25) is 0 Å². The number of para-hydroxylation sites is 2. The van der Waals surface area contributed by atoms with E-state index in [1.165, 1.54) is 122 Å². The standard InChI is InChI=1S/C61H38N2S3/c1-37-15-3-2-4-16-38-17-13-25-43(58(38)64-37)39-18-11-20-41(35-39)62-51-28-8-5-23-49(51)56-53(62)33-31-47-48-32-34-54-57(61(48)66-60(47)56)50-24-6-9-29-52(50)63(54)42-21-12-19-40(36-42)44-26-14-27-46-45-22-7-10-30-55(45)65-59(44)46/h2-15,17-36H,1,16H2/b4-2-,15-3-. The number of hydrogen-bond donors (Lipinski definition) is 0. The fraction of sp³-hybridized carbons (Fsp3) is 0.0164. The number of allylic oxidation sites excluding steroid dienone is 4. The van der Waals surface area contributed by atoms with Gasteiger partial charge in [-0.2, -0.15) is 0 Å². The molecule has 2 nitrogen and oxygen atoms in total. The molecule has 4 aromatic heterocycles. The SMILES string of the molecule is C=C1/C=C\C=C/Cc2cccc(-c3cccc(-n4c5ccccc5c5c6sc7c(ccc8c7c7ccccc7n8-c7cccc(-c8cccc9c8sc8ccccc89)c7)c6ccc54)c3)c2S1. The van der Waals surface area contributed by atoms with Crippen molar-refractivity contribution in [2.24, 2.45) is 0 Å². The zero-order valence-electron chi connectivity index (χ0n) is 35.7. The molecule has 0 aliphatic carbocycles. The summed E-state index contributed by atoms with van der Waals surface area (Å²) in [5, 5.41) is 10.4. The molecule has 0 saturated carbocycles. The van der Waals surface area contributed by atoms with Crippen LogP contribution in [0.1, 0.15) is 5.56 Å². The molecule has 9 aromatic carbocycles. The van der Waals surface area contributed by atoms with Crippen molar-refractivity contribution in [1.29, 1.82) is 0 Å². The van der Waals surface area contributed by atoms with E-state index in [0.717, 1.165) is 17.0 Å². The summed E-state index contributed by atoms with van der Waals surface area (Å²) in [6, 6.07) is 67.8. The maximum absolute atomic E-state index is 4.37. The van der Waals surface area contributed by atoms with Crippen molar-refractivity contribution in [2.45, 2.75) is 11.3 Å². The number of benzene rings is 9. The molecule has 66 heavy (non-hydrogen) atoms. The normalized spacial score (nSPS) is 14.2. The number of fused-ring (bicyclic) bond motifs is 15. The molecular weight excluding hydrogens is 857 g/mol. The van der Waals surface area contributed by atoms with Crippen molar-refractivity contribution in [3.63, 3.8) is 0 Å². The van der Waals surface area contributed by atoms with Crippen LogP contribution < -0.4 is 0 Å². The summed E-state index contributed by atoms with van der Waals surface area (Å²) in [6.45, 7) is 4.37. The van der Waals surface area contributed by atoms with E-state index >= 15 is 0 Å². The van der Waals surface area contributed by atoms with E-state index in [4.69, 9.17) is 0 Å². The lowest BCUT2D eigenvalue weighted by molar-refractivity contribution is 1.17. The van der Waals surface area contributed by atoms with Crippen molar-refractivity contribution in [1.82, 2.24) is 9.13 Å². The third-order valence-corrected chi connectivity index (χ3v) is 17.1. The van der Waals surface area contributed by atoms with E-state index < -0.39 is 0 Å². The molecule has 5 heterocycles. The maximum Gasteiger partial charge on any atom is 0.0555 e. The highest BCUT2D eigenvalue weighted by molar-refractivity contribution is 8.03. The van der Waals surface area contributed by atoms with Gasteiger partial charge < -0.3 is 9.13 Å². The van der Waals surface area contributed by atoms with Gasteiger partial charge in [0.15, 0.2) is 0 Å². The van der Waals surface area contributed by atoms with Gasteiger partial charge in [-0.25, -0.2) is 0 Å². The Hall–Kier alpha value is -7.41. The van der Waals surface area contributed by atoms with Crippen LogP contribution in [-0.2, 0) is 6.42 Å². The largest absolute Gasteiger partial charge is 0.309 e. The van der Waals surface area contributed by atoms with Crippen molar-refractivity contribution in [3.05, 3.63) is 223 Å². The predicted octanol–water partition coefficient (Wildman–Crippen LogP) is 18.2. The Kier molecular flexibility index (Phi) is 8.51. The van der Waals surface area contributed by atoms with E-state index in [1.807, 2.05) is 22.7 Å². The number of rotatable bonds is 4. The van der Waals surface area contributed by atoms with E-state index in [9.17, 15) is 0 Å². The molecule has 0 N–H and O–H groups in total. The Labute approximate surface area is 393 Å². The summed E-state index contributed by atoms with van der Waals surface area (Å²) in [6.07, 6.45) is 9.44. The predicted molar refractivity (Wildman–Crippen MR) is 289 cm³/mol. The van der Waals surface area contributed by atoms with Crippen LogP contribution in [0.5, 0.6) is 0 Å². The van der Waals surface area contributed by atoms with Crippen LogP contribution in [0.3, 0.4) is 0 Å². The van der Waals surface area contributed by atoms with Gasteiger partial charge in [-0.05, 0) is 94.9 Å². The molecule has 0 amide bonds. The van der Waals surface area contributed by atoms with Crippen LogP contribution in [0.25, 0.3) is 118 Å². The van der Waals surface area contributed by atoms with Gasteiger partial charge in [-0.1, -0.05) is 164 Å². The third kappa shape index (κ3) is 5.67. The van der Waals surface area contributed by atoms with Crippen molar-refractivity contribution >= 4 is 118 Å². The lowest BCUT2D eigenvalue weighted by Crippen LogP contribution is -1.95. The van der Waals surface area contributed by atoms with Gasteiger partial charge in [0.2, 0.25) is 0 Å². The molecule has 0 fully saturated rings. The molecule has 14 rings (SSSR count). The quantitative estimate of drug-likeness (QED) is 0.171. The first-order valence-corrected chi connectivity index (χ1v) is 24.9. The summed E-state index contributed by atoms with van der Waals surface area (Å²) in [4.78, 5) is 2.31. The Morgan fingerprint density at radius 2 is 0.985 bits per heavy atom. The topological polar surface area (TPSA) is 9.86 Å². The van der Waals surface area contributed by atoms with Crippen molar-refractivity contribution < 1.29 is 0 Å². The van der Waals surface area contributed by atoms with E-state index in [0.29, 0.717) is 0 Å². The molecule has 310 valence electrons. The molecule has 5 heteroatoms. The second kappa shape index (κ2) is 14.8. The molecule has 0 spiro atoms. The molecule has 0 radical (unpaired) electrons. The Morgan fingerprint density at radius 1 is 0.424 bits per heavy atom. The average molecular weight is 895 g/mol. The summed E-state index contributed by atoms with van der Waals surface area (Å²) in [5.74, 6) is 0. The maximum atomic E-state index is 4.37. The molecule has 0 bridgehead atoms. The Bertz CT molecular complexity index is 4260. The first kappa shape index (κ1) is 37.9. The first-order chi connectivity index (χ1) is 32.7. The van der Waals surface area contributed by atoms with Crippen LogP contribution in [0.2, 0.25) is 0 Å². The number of aromatic nitrogens is 2. The number of hydrogen-bond acceptors (Lipinski definition) is 3. The van der Waals surface area contributed by atoms with E-state index in [2.05, 4.69) is 222 Å². The minimum Gasteiger partial charge on any atom is -0.309 e. The minimum atomic E-state index is 0.885. The van der Waals surface area contributed by atoms with Gasteiger partial charge in [0.1, 0.15) is 0 Å². The first-order valence-electron chi connectivity index (χ1n) is 22.4. The van der Waals surface area contributed by atoms with Crippen LogP contribution in [0.15, 0.2) is 223 Å². The van der Waals surface area contributed by atoms with Crippen molar-refractivity contribution in [3.8, 4) is 33.6 Å². The van der Waals surface area contributed by atoms with Gasteiger partial charge in [0.05, 0.1) is 22.1 Å². The van der Waals surface area contributed by atoms with Crippen molar-refractivity contribution in [2.75, 3.05) is 0 Å². The number of thiophene rings is 2. The van der Waals surface area contributed by atoms with E-state index in [1.54, 1.807) is 11.8 Å². The minimum absolute atomic E-state index is 0.885. The lowest BCUT2D eigenvalue weighted by atomic mass is 10.0. The second-order valence-corrected chi connectivity index (χ2v) is 20.4. The van der Waals surface area contributed by atoms with Crippen LogP contribution >= 0.6 is 34.4 Å². The highest BCUT2D eigenvalue weighted by Gasteiger charge is 2.22. The monoisotopic (exact) mass is 894 g/mol. The van der Waals surface area contributed by atoms with Gasteiger partial charge >= 0.3 is 0 Å². The Morgan fingerprint density at radius 3 is 1.68 bits per heavy atom. The van der Waals surface area contributed by atoms with Crippen LogP contribution in [0.4, 0.5) is 0 Å². The number of nitrogens with zero attached hydrogens (tertiary/aromatic N) is 2. The number of thioether (sulfide) groups is 1. The molecule has 13 aromatic rings. The fourth-order valence-electron chi connectivity index (χ4n) is 10.6. The summed E-state index contributed by atoms with van der Waals surface area (Å²) in [7, 11) is 0. The van der Waals surface area contributed by atoms with Gasteiger partial charge in [-0.15, -0.1) is 22.7 Å². The summed E-state index contributed by atoms with van der Waals surface area (Å²) < 4.78 is 10.3. The molecule has 0 unspecified atom stereocenters. The molecule has 0 saturated heterocycles. The average Bonchev–Trinajstić information content (AvgIpc) is 4.13. The zero-order valence-corrected chi connectivity index (χ0v) is 38.1. The molecule has 1 aliphatic rings. The molecular formula is C61H38N2S3.